The van der Waals surface area contributed by atoms with Gasteiger partial charge >= 0.3 is 5.97 Å². The van der Waals surface area contributed by atoms with Crippen LogP contribution in [-0.4, -0.2) is 34.7 Å². The zero-order valence-corrected chi connectivity index (χ0v) is 15.8. The molecule has 0 aliphatic rings. The van der Waals surface area contributed by atoms with Gasteiger partial charge in [-0.25, -0.2) is 0 Å². The molecule has 6 heteroatoms. The number of hydrogen-bond donors (Lipinski definition) is 1. The van der Waals surface area contributed by atoms with E-state index < -0.39 is 17.7 Å². The average molecular weight is 378 g/mol. The first-order chi connectivity index (χ1) is 13.5. The van der Waals surface area contributed by atoms with E-state index in [2.05, 4.69) is 5.32 Å². The second-order valence-electron chi connectivity index (χ2n) is 6.51. The molecule has 0 spiro atoms. The minimum atomic E-state index is -0.735. The Morgan fingerprint density at radius 3 is 2.50 bits per heavy atom. The first-order valence-corrected chi connectivity index (χ1v) is 9.17. The number of carbonyl (C=O) groups excluding carboxylic acids is 3. The minimum Gasteiger partial charge on any atom is -0.464 e. The van der Waals surface area contributed by atoms with Crippen molar-refractivity contribution >= 4 is 23.2 Å². The molecule has 0 radical (unpaired) electrons. The maximum atomic E-state index is 13.0. The number of aromatic nitrogens is 1. The summed E-state index contributed by atoms with van der Waals surface area (Å²) >= 11 is 0. The summed E-state index contributed by atoms with van der Waals surface area (Å²) in [5, 5.41) is 2.61. The molecular formula is C22H22N2O4. The molecule has 28 heavy (non-hydrogen) atoms. The summed E-state index contributed by atoms with van der Waals surface area (Å²) in [4.78, 5) is 36.8. The first kappa shape index (κ1) is 19.4. The Morgan fingerprint density at radius 2 is 1.79 bits per heavy atom. The molecule has 6 nitrogen and oxygen atoms in total. The number of ketones is 1. The fraction of sp³-hybridized carbons (Fsp3) is 0.227. The van der Waals surface area contributed by atoms with E-state index in [0.29, 0.717) is 11.3 Å². The molecular weight excluding hydrogens is 356 g/mol. The lowest BCUT2D eigenvalue weighted by molar-refractivity contribution is -0.144. The molecule has 1 aromatic carbocycles. The van der Waals surface area contributed by atoms with Crippen LogP contribution >= 0.6 is 0 Å². The fourth-order valence-corrected chi connectivity index (χ4v) is 2.95. The maximum Gasteiger partial charge on any atom is 0.305 e. The number of rotatable bonds is 7. The van der Waals surface area contributed by atoms with Gasteiger partial charge in [-0.3, -0.25) is 14.4 Å². The van der Waals surface area contributed by atoms with Crippen molar-refractivity contribution in [1.82, 2.24) is 9.72 Å². The number of nitrogens with zero attached hydrogens (tertiary/aromatic N) is 1. The Balaban J connectivity index is 1.88. The number of fused-ring (bicyclic) bond motifs is 1. The fourth-order valence-electron chi connectivity index (χ4n) is 2.95. The zero-order chi connectivity index (χ0) is 20.1. The molecule has 0 saturated carbocycles. The second-order valence-corrected chi connectivity index (χ2v) is 6.51. The van der Waals surface area contributed by atoms with Crippen LogP contribution in [0.1, 0.15) is 30.8 Å². The molecule has 1 atom stereocenters. The molecule has 0 bridgehead atoms. The van der Waals surface area contributed by atoms with E-state index in [4.69, 9.17) is 4.74 Å². The van der Waals surface area contributed by atoms with Crippen molar-refractivity contribution in [2.45, 2.75) is 26.3 Å². The Hall–Kier alpha value is -3.41. The van der Waals surface area contributed by atoms with Crippen molar-refractivity contribution in [1.29, 1.82) is 0 Å². The van der Waals surface area contributed by atoms with E-state index in [-0.39, 0.29) is 19.0 Å². The van der Waals surface area contributed by atoms with Crippen LogP contribution < -0.4 is 5.32 Å². The summed E-state index contributed by atoms with van der Waals surface area (Å²) < 4.78 is 6.73. The van der Waals surface area contributed by atoms with Crippen LogP contribution in [0.4, 0.5) is 0 Å². The highest BCUT2D eigenvalue weighted by Gasteiger charge is 2.25. The number of ether oxygens (including phenoxy) is 1. The predicted molar refractivity (Wildman–Crippen MR) is 106 cm³/mol. The maximum absolute atomic E-state index is 13.0. The molecule has 1 amide bonds. The molecule has 0 fully saturated rings. The van der Waals surface area contributed by atoms with E-state index >= 15 is 0 Å². The number of nitrogens with one attached hydrogen (secondary N) is 1. The highest BCUT2D eigenvalue weighted by atomic mass is 16.5. The van der Waals surface area contributed by atoms with E-state index in [1.165, 1.54) is 0 Å². The largest absolute Gasteiger partial charge is 0.464 e. The zero-order valence-electron chi connectivity index (χ0n) is 15.8. The predicted octanol–water partition coefficient (Wildman–Crippen LogP) is 3.25. The third kappa shape index (κ3) is 4.11. The summed E-state index contributed by atoms with van der Waals surface area (Å²) in [5.74, 6) is -1.73. The van der Waals surface area contributed by atoms with E-state index in [9.17, 15) is 14.4 Å². The molecule has 3 rings (SSSR count). The van der Waals surface area contributed by atoms with Gasteiger partial charge in [-0.1, -0.05) is 43.3 Å². The van der Waals surface area contributed by atoms with Crippen LogP contribution in [0.3, 0.4) is 0 Å². The lowest BCUT2D eigenvalue weighted by Crippen LogP contribution is -2.41. The molecule has 2 aromatic heterocycles. The third-order valence-electron chi connectivity index (χ3n) is 4.35. The van der Waals surface area contributed by atoms with E-state index in [0.717, 1.165) is 11.1 Å². The van der Waals surface area contributed by atoms with Crippen molar-refractivity contribution in [3.8, 4) is 11.1 Å². The highest BCUT2D eigenvalue weighted by Crippen LogP contribution is 2.28. The second kappa shape index (κ2) is 8.52. The van der Waals surface area contributed by atoms with Gasteiger partial charge in [-0.05, 0) is 30.7 Å². The first-order valence-electron chi connectivity index (χ1n) is 9.17. The summed E-state index contributed by atoms with van der Waals surface area (Å²) in [7, 11) is 0. The Bertz CT molecular complexity index is 1010. The Kier molecular flexibility index (Phi) is 5.89. The number of benzene rings is 1. The molecule has 1 N–H and O–H groups in total. The summed E-state index contributed by atoms with van der Waals surface area (Å²) in [5.41, 5.74) is 2.67. The number of esters is 1. The molecule has 2 heterocycles. The summed E-state index contributed by atoms with van der Waals surface area (Å²) in [6.45, 7) is 3.40. The van der Waals surface area contributed by atoms with Gasteiger partial charge in [0.25, 0.3) is 11.7 Å². The monoisotopic (exact) mass is 378 g/mol. The van der Waals surface area contributed by atoms with Crippen molar-refractivity contribution in [3.63, 3.8) is 0 Å². The van der Waals surface area contributed by atoms with Crippen LogP contribution in [0.25, 0.3) is 16.6 Å². The van der Waals surface area contributed by atoms with Gasteiger partial charge in [0, 0.05) is 23.7 Å². The number of Topliss-reactive ketones (excluding diaryl/α,β-unsaturated/α-hetero) is 1. The molecule has 0 aliphatic carbocycles. The van der Waals surface area contributed by atoms with Crippen molar-refractivity contribution in [2.75, 3.05) is 6.61 Å². The van der Waals surface area contributed by atoms with Crippen molar-refractivity contribution < 1.29 is 19.1 Å². The van der Waals surface area contributed by atoms with Gasteiger partial charge < -0.3 is 14.5 Å². The number of hydrogen-bond acceptors (Lipinski definition) is 4. The molecule has 0 saturated heterocycles. The Labute approximate surface area is 163 Å². The number of carbonyl (C=O) groups is 3. The van der Waals surface area contributed by atoms with Crippen LogP contribution in [0.15, 0.2) is 60.8 Å². The normalized spacial score (nSPS) is 11.8. The lowest BCUT2D eigenvalue weighted by atomic mass is 10.0. The van der Waals surface area contributed by atoms with Crippen LogP contribution in [0, 0.1) is 0 Å². The Morgan fingerprint density at radius 1 is 1.07 bits per heavy atom. The van der Waals surface area contributed by atoms with Crippen LogP contribution in [0.2, 0.25) is 0 Å². The SMILES string of the molecule is CCC(=O)OCC(C)NC(=O)C(=O)c1c(-c2ccccc2)cc2ccccn12. The van der Waals surface area contributed by atoms with Gasteiger partial charge in [0.1, 0.15) is 12.3 Å². The van der Waals surface area contributed by atoms with Gasteiger partial charge in [0.15, 0.2) is 0 Å². The average Bonchev–Trinajstić information content (AvgIpc) is 3.11. The quantitative estimate of drug-likeness (QED) is 0.389. The van der Waals surface area contributed by atoms with Gasteiger partial charge in [-0.2, -0.15) is 0 Å². The lowest BCUT2D eigenvalue weighted by Gasteiger charge is -2.14. The van der Waals surface area contributed by atoms with Gasteiger partial charge in [0.2, 0.25) is 0 Å². The molecule has 0 aliphatic heterocycles. The van der Waals surface area contributed by atoms with E-state index in [1.54, 1.807) is 24.4 Å². The summed E-state index contributed by atoms with van der Waals surface area (Å²) in [6, 6.07) is 16.5. The van der Waals surface area contributed by atoms with Gasteiger partial charge in [-0.15, -0.1) is 0 Å². The molecule has 144 valence electrons. The van der Waals surface area contributed by atoms with Crippen molar-refractivity contribution in [2.24, 2.45) is 0 Å². The number of pyridine rings is 1. The standard InChI is InChI=1S/C22H22N2O4/c1-3-19(25)28-14-15(2)23-22(27)21(26)20-18(16-9-5-4-6-10-16)13-17-11-7-8-12-24(17)20/h4-13,15H,3,14H2,1-2H3,(H,23,27). The summed E-state index contributed by atoms with van der Waals surface area (Å²) in [6.07, 6.45) is 2.02. The third-order valence-corrected chi connectivity index (χ3v) is 4.35. The smallest absolute Gasteiger partial charge is 0.305 e. The van der Waals surface area contributed by atoms with Crippen molar-refractivity contribution in [3.05, 3.63) is 66.5 Å². The van der Waals surface area contributed by atoms with Crippen LogP contribution in [0.5, 0.6) is 0 Å². The topological polar surface area (TPSA) is 76.9 Å². The molecule has 1 unspecified atom stereocenters. The van der Waals surface area contributed by atoms with Crippen LogP contribution in [-0.2, 0) is 14.3 Å². The number of amides is 1. The minimum absolute atomic E-state index is 0.0200. The molecule has 3 aromatic rings. The highest BCUT2D eigenvalue weighted by molar-refractivity contribution is 6.43. The van der Waals surface area contributed by atoms with E-state index in [1.807, 2.05) is 54.6 Å². The van der Waals surface area contributed by atoms with Gasteiger partial charge in [0.05, 0.1) is 6.04 Å².